The molecule has 5 rings (SSSR count). The summed E-state index contributed by atoms with van der Waals surface area (Å²) >= 11 is 3.69. The van der Waals surface area contributed by atoms with Crippen molar-refractivity contribution in [3.8, 4) is 0 Å². The quantitative estimate of drug-likeness (QED) is 0.399. The number of aromatic nitrogens is 6. The third-order valence-corrected chi connectivity index (χ3v) is 7.12. The van der Waals surface area contributed by atoms with Gasteiger partial charge in [-0.3, -0.25) is 0 Å². The summed E-state index contributed by atoms with van der Waals surface area (Å²) in [5.41, 5.74) is 2.42. The summed E-state index contributed by atoms with van der Waals surface area (Å²) < 4.78 is 4.09. The molecular weight excluding hydrogens is 352 g/mol. The van der Waals surface area contributed by atoms with Gasteiger partial charge in [-0.1, -0.05) is 25.1 Å². The van der Waals surface area contributed by atoms with E-state index in [0.717, 1.165) is 34.6 Å². The van der Waals surface area contributed by atoms with Crippen LogP contribution in [-0.4, -0.2) is 34.9 Å². The molecule has 0 saturated carbocycles. The van der Waals surface area contributed by atoms with Crippen molar-refractivity contribution in [2.24, 2.45) is 0 Å². The first-order chi connectivity index (χ1) is 12.3. The van der Waals surface area contributed by atoms with E-state index in [9.17, 15) is 0 Å². The predicted octanol–water partition coefficient (Wildman–Crippen LogP) is 4.07. The number of aryl methyl sites for hydroxylation is 3. The third kappa shape index (κ3) is 2.30. The van der Waals surface area contributed by atoms with Gasteiger partial charge in [0.25, 0.3) is 5.78 Å². The lowest BCUT2D eigenvalue weighted by atomic mass is 9.97. The average Bonchev–Trinajstić information content (AvgIpc) is 3.28. The monoisotopic (exact) mass is 372 g/mol. The van der Waals surface area contributed by atoms with E-state index in [4.69, 9.17) is 4.98 Å². The molecule has 4 heterocycles. The van der Waals surface area contributed by atoms with Crippen molar-refractivity contribution >= 4 is 44.7 Å². The Kier molecular flexibility index (Phi) is 3.71. The van der Waals surface area contributed by atoms with Gasteiger partial charge < -0.3 is 0 Å². The minimum absolute atomic E-state index is 0.778. The Labute approximate surface area is 153 Å². The van der Waals surface area contributed by atoms with E-state index in [0.29, 0.717) is 0 Å². The summed E-state index contributed by atoms with van der Waals surface area (Å²) in [6.45, 7) is 4.16. The Morgan fingerprint density at radius 2 is 2.08 bits per heavy atom. The second-order valence-corrected chi connectivity index (χ2v) is 8.75. The van der Waals surface area contributed by atoms with Gasteiger partial charge in [0.2, 0.25) is 0 Å². The second-order valence-electron chi connectivity index (χ2n) is 6.61. The summed E-state index contributed by atoms with van der Waals surface area (Å²) in [5.74, 6) is 2.63. The van der Waals surface area contributed by atoms with Gasteiger partial charge in [-0.25, -0.2) is 9.38 Å². The van der Waals surface area contributed by atoms with Crippen molar-refractivity contribution in [1.29, 1.82) is 0 Å². The van der Waals surface area contributed by atoms with Crippen LogP contribution in [-0.2, 0) is 12.8 Å². The van der Waals surface area contributed by atoms with Gasteiger partial charge in [0, 0.05) is 10.6 Å². The van der Waals surface area contributed by atoms with Crippen LogP contribution in [0.25, 0.3) is 21.6 Å². The van der Waals surface area contributed by atoms with Gasteiger partial charge in [0.05, 0.1) is 5.39 Å². The first-order valence-corrected chi connectivity index (χ1v) is 10.8. The Morgan fingerprint density at radius 3 is 2.96 bits per heavy atom. The zero-order valence-electron chi connectivity index (χ0n) is 14.4. The highest BCUT2D eigenvalue weighted by molar-refractivity contribution is 7.99. The summed E-state index contributed by atoms with van der Waals surface area (Å²) in [4.78, 5) is 7.48. The predicted molar refractivity (Wildman–Crippen MR) is 102 cm³/mol. The second kappa shape index (κ2) is 5.95. The summed E-state index contributed by atoms with van der Waals surface area (Å²) in [6, 6.07) is 0. The summed E-state index contributed by atoms with van der Waals surface area (Å²) in [5, 5.41) is 15.8. The molecule has 0 spiro atoms. The molecule has 25 heavy (non-hydrogen) atoms. The Bertz CT molecular complexity index is 1090. The lowest BCUT2D eigenvalue weighted by molar-refractivity contribution is 0.700. The van der Waals surface area contributed by atoms with Crippen molar-refractivity contribution in [3.05, 3.63) is 16.3 Å². The van der Waals surface area contributed by atoms with E-state index in [1.54, 1.807) is 11.8 Å². The van der Waals surface area contributed by atoms with Crippen LogP contribution >= 0.6 is 23.1 Å². The molecule has 1 aliphatic rings. The topological polar surface area (TPSA) is 60.4 Å². The molecular formula is C17H20N6S2. The molecule has 0 amide bonds. The van der Waals surface area contributed by atoms with E-state index in [1.807, 2.05) is 22.8 Å². The lowest BCUT2D eigenvalue weighted by Gasteiger charge is -2.10. The van der Waals surface area contributed by atoms with Crippen molar-refractivity contribution in [1.82, 2.24) is 29.2 Å². The minimum atomic E-state index is 0.778. The lowest BCUT2D eigenvalue weighted by Crippen LogP contribution is -2.01. The highest BCUT2D eigenvalue weighted by Gasteiger charge is 2.24. The number of hydrogen-bond acceptors (Lipinski definition) is 6. The van der Waals surface area contributed by atoms with E-state index in [-0.39, 0.29) is 0 Å². The van der Waals surface area contributed by atoms with Crippen molar-refractivity contribution in [3.63, 3.8) is 0 Å². The van der Waals surface area contributed by atoms with Crippen molar-refractivity contribution in [2.75, 3.05) is 5.75 Å². The van der Waals surface area contributed by atoms with E-state index in [1.165, 1.54) is 52.8 Å². The number of thioether (sulfide) groups is 1. The number of unbranched alkanes of at least 4 members (excludes halogenated alkanes) is 1. The van der Waals surface area contributed by atoms with Gasteiger partial charge in [-0.05, 0) is 44.6 Å². The molecule has 0 bridgehead atoms. The smallest absolute Gasteiger partial charge is 0.244 e. The molecule has 1 aliphatic carbocycles. The van der Waals surface area contributed by atoms with E-state index < -0.39 is 0 Å². The fraction of sp³-hybridized carbons (Fsp3) is 0.529. The molecule has 0 aliphatic heterocycles. The fourth-order valence-corrected chi connectivity index (χ4v) is 6.09. The van der Waals surface area contributed by atoms with Crippen LogP contribution in [0, 0.1) is 6.92 Å². The van der Waals surface area contributed by atoms with Crippen LogP contribution in [0.3, 0.4) is 0 Å². The van der Waals surface area contributed by atoms with Gasteiger partial charge in [0.15, 0.2) is 10.8 Å². The maximum Gasteiger partial charge on any atom is 0.260 e. The van der Waals surface area contributed by atoms with E-state index in [2.05, 4.69) is 26.6 Å². The number of fused-ring (bicyclic) bond motifs is 8. The molecule has 130 valence electrons. The average molecular weight is 373 g/mol. The Morgan fingerprint density at radius 1 is 1.20 bits per heavy atom. The molecule has 0 atom stereocenters. The van der Waals surface area contributed by atoms with Gasteiger partial charge in [-0.15, -0.1) is 26.6 Å². The Hall–Kier alpha value is -1.67. The van der Waals surface area contributed by atoms with E-state index >= 15 is 0 Å². The molecule has 0 saturated heterocycles. The molecule has 0 N–H and O–H groups in total. The first-order valence-electron chi connectivity index (χ1n) is 8.95. The van der Waals surface area contributed by atoms with Gasteiger partial charge >= 0.3 is 0 Å². The maximum atomic E-state index is 4.73. The number of nitrogens with zero attached hydrogens (tertiary/aromatic N) is 6. The maximum absolute atomic E-state index is 4.73. The third-order valence-electron chi connectivity index (χ3n) is 4.83. The van der Waals surface area contributed by atoms with Crippen LogP contribution in [0.2, 0.25) is 0 Å². The molecule has 8 heteroatoms. The largest absolute Gasteiger partial charge is 0.260 e. The highest BCUT2D eigenvalue weighted by Crippen LogP contribution is 2.39. The van der Waals surface area contributed by atoms with Crippen LogP contribution in [0.5, 0.6) is 0 Å². The summed E-state index contributed by atoms with van der Waals surface area (Å²) in [6.07, 6.45) is 7.24. The number of rotatable bonds is 4. The summed E-state index contributed by atoms with van der Waals surface area (Å²) in [7, 11) is 0. The standard InChI is InChI=1S/C17H20N6S2/c1-3-4-9-24-17-20-19-16-22(17)15-13(14-18-10(2)21-23(14)16)11-7-5-6-8-12(11)25-15/h3-9H2,1-2H3. The zero-order chi connectivity index (χ0) is 17.0. The van der Waals surface area contributed by atoms with Crippen LogP contribution in [0.15, 0.2) is 5.16 Å². The Balaban J connectivity index is 1.86. The van der Waals surface area contributed by atoms with Crippen LogP contribution in [0.1, 0.15) is 48.9 Å². The van der Waals surface area contributed by atoms with Gasteiger partial charge in [0.1, 0.15) is 10.7 Å². The van der Waals surface area contributed by atoms with Crippen LogP contribution in [0.4, 0.5) is 0 Å². The number of hydrogen-bond donors (Lipinski definition) is 0. The minimum Gasteiger partial charge on any atom is -0.244 e. The zero-order valence-corrected chi connectivity index (χ0v) is 16.1. The number of thiophene rings is 1. The normalized spacial score (nSPS) is 14.8. The van der Waals surface area contributed by atoms with Crippen molar-refractivity contribution in [2.45, 2.75) is 57.5 Å². The molecule has 4 aromatic rings. The molecule has 6 nitrogen and oxygen atoms in total. The molecule has 4 aromatic heterocycles. The highest BCUT2D eigenvalue weighted by atomic mass is 32.2. The fourth-order valence-electron chi connectivity index (χ4n) is 3.63. The molecule has 0 radical (unpaired) electrons. The SMILES string of the molecule is CCCCSc1nnc2n3nc(C)nc3c3c4c(sc3n12)CCCC4. The molecule has 0 unspecified atom stereocenters. The first kappa shape index (κ1) is 15.6. The molecule has 0 aromatic carbocycles. The van der Waals surface area contributed by atoms with Crippen molar-refractivity contribution < 1.29 is 0 Å². The van der Waals surface area contributed by atoms with Crippen LogP contribution < -0.4 is 0 Å². The van der Waals surface area contributed by atoms with Gasteiger partial charge in [-0.2, -0.15) is 4.52 Å². The molecule has 0 fully saturated rings.